The van der Waals surface area contributed by atoms with Crippen molar-refractivity contribution in [3.63, 3.8) is 0 Å². The molecule has 0 spiro atoms. The number of nitrogens with zero attached hydrogens (tertiary/aromatic N) is 2. The highest BCUT2D eigenvalue weighted by molar-refractivity contribution is 5.76. The third kappa shape index (κ3) is 4.36. The van der Waals surface area contributed by atoms with Crippen LogP contribution >= 0.6 is 0 Å². The lowest BCUT2D eigenvalue weighted by Crippen LogP contribution is -2.25. The molecule has 2 heterocycles. The van der Waals surface area contributed by atoms with Gasteiger partial charge < -0.3 is 14.5 Å². The second kappa shape index (κ2) is 7.65. The monoisotopic (exact) mass is 367 g/mol. The van der Waals surface area contributed by atoms with Gasteiger partial charge in [-0.15, -0.1) is 0 Å². The maximum Gasteiger partial charge on any atom is 0.419 e. The van der Waals surface area contributed by atoms with Crippen molar-refractivity contribution < 1.29 is 13.9 Å². The number of hydrogen-bond acceptors (Lipinski definition) is 5. The van der Waals surface area contributed by atoms with E-state index in [4.69, 9.17) is 9.15 Å². The average Bonchev–Trinajstić information content (AvgIpc) is 3.46. The fraction of sp³-hybridized carbons (Fsp3) is 0.350. The predicted molar refractivity (Wildman–Crippen MR) is 99.4 cm³/mol. The van der Waals surface area contributed by atoms with Crippen molar-refractivity contribution in [1.29, 1.82) is 0 Å². The minimum absolute atomic E-state index is 0.138. The molecule has 4 rings (SSSR count). The quantitative estimate of drug-likeness (QED) is 0.661. The van der Waals surface area contributed by atoms with Crippen LogP contribution in [0.2, 0.25) is 0 Å². The molecule has 27 heavy (non-hydrogen) atoms. The summed E-state index contributed by atoms with van der Waals surface area (Å²) >= 11 is 0. The number of para-hydroxylation sites is 2. The summed E-state index contributed by atoms with van der Waals surface area (Å²) in [6, 6.07) is 10.9. The number of aromatic nitrogens is 2. The fourth-order valence-electron chi connectivity index (χ4n) is 2.82. The Morgan fingerprint density at radius 2 is 2.11 bits per heavy atom. The molecule has 1 saturated carbocycles. The van der Waals surface area contributed by atoms with Crippen LogP contribution in [0.4, 0.5) is 0 Å². The van der Waals surface area contributed by atoms with Crippen molar-refractivity contribution >= 4 is 17.0 Å². The van der Waals surface area contributed by atoms with E-state index in [1.807, 2.05) is 18.2 Å². The summed E-state index contributed by atoms with van der Waals surface area (Å²) < 4.78 is 12.2. The molecule has 3 aromatic rings. The molecule has 1 aliphatic carbocycles. The molecule has 0 bridgehead atoms. The van der Waals surface area contributed by atoms with E-state index in [-0.39, 0.29) is 18.9 Å². The van der Waals surface area contributed by atoms with Gasteiger partial charge in [-0.05, 0) is 36.5 Å². The molecule has 1 N–H and O–H groups in total. The standard InChI is InChI=1S/C20H21N3O4/c24-18(9-10-23-16-3-1-2-4-17(16)27-20(23)25)21-11-15-7-8-19(22-12-15)26-13-14-5-6-14/h1-4,7-8,12,14H,5-6,9-11,13H2,(H,21,24). The van der Waals surface area contributed by atoms with Gasteiger partial charge in [-0.3, -0.25) is 9.36 Å². The zero-order chi connectivity index (χ0) is 18.6. The van der Waals surface area contributed by atoms with Gasteiger partial charge in [0.2, 0.25) is 11.8 Å². The Morgan fingerprint density at radius 1 is 1.26 bits per heavy atom. The van der Waals surface area contributed by atoms with E-state index in [1.165, 1.54) is 17.4 Å². The number of ether oxygens (including phenoxy) is 1. The minimum atomic E-state index is -0.449. The van der Waals surface area contributed by atoms with Gasteiger partial charge in [0, 0.05) is 31.8 Å². The number of carbonyl (C=O) groups is 1. The van der Waals surface area contributed by atoms with E-state index in [0.717, 1.165) is 12.2 Å². The molecule has 1 amide bonds. The van der Waals surface area contributed by atoms with Gasteiger partial charge in [0.15, 0.2) is 5.58 Å². The van der Waals surface area contributed by atoms with Gasteiger partial charge >= 0.3 is 5.76 Å². The first kappa shape index (κ1) is 17.3. The highest BCUT2D eigenvalue weighted by Crippen LogP contribution is 2.29. The van der Waals surface area contributed by atoms with E-state index < -0.39 is 5.76 Å². The Hall–Kier alpha value is -3.09. The number of hydrogen-bond donors (Lipinski definition) is 1. The number of carbonyl (C=O) groups excluding carboxylic acids is 1. The van der Waals surface area contributed by atoms with Gasteiger partial charge in [-0.1, -0.05) is 18.2 Å². The van der Waals surface area contributed by atoms with Gasteiger partial charge in [-0.2, -0.15) is 0 Å². The highest BCUT2D eigenvalue weighted by atomic mass is 16.5. The first-order valence-electron chi connectivity index (χ1n) is 9.12. The first-order valence-corrected chi connectivity index (χ1v) is 9.12. The number of nitrogens with one attached hydrogen (secondary N) is 1. The zero-order valence-corrected chi connectivity index (χ0v) is 14.9. The molecule has 0 unspecified atom stereocenters. The molecule has 0 atom stereocenters. The Bertz CT molecular complexity index is 986. The maximum absolute atomic E-state index is 12.1. The Kier molecular flexibility index (Phi) is 4.91. The van der Waals surface area contributed by atoms with Crippen LogP contribution in [-0.2, 0) is 17.9 Å². The van der Waals surface area contributed by atoms with Gasteiger partial charge in [0.25, 0.3) is 0 Å². The summed E-state index contributed by atoms with van der Waals surface area (Å²) in [6.07, 6.45) is 4.38. The average molecular weight is 367 g/mol. The van der Waals surface area contributed by atoms with Crippen LogP contribution in [-0.4, -0.2) is 22.1 Å². The van der Waals surface area contributed by atoms with Gasteiger partial charge in [-0.25, -0.2) is 9.78 Å². The number of benzene rings is 1. The SMILES string of the molecule is O=C(CCn1c(=O)oc2ccccc21)NCc1ccc(OCC2CC2)nc1. The van der Waals surface area contributed by atoms with Gasteiger partial charge in [0.05, 0.1) is 12.1 Å². The second-order valence-electron chi connectivity index (χ2n) is 6.77. The van der Waals surface area contributed by atoms with Crippen molar-refractivity contribution in [3.8, 4) is 5.88 Å². The Balaban J connectivity index is 1.26. The Morgan fingerprint density at radius 3 is 2.89 bits per heavy atom. The third-order valence-electron chi connectivity index (χ3n) is 4.59. The van der Waals surface area contributed by atoms with Gasteiger partial charge in [0.1, 0.15) is 0 Å². The number of pyridine rings is 1. The lowest BCUT2D eigenvalue weighted by Gasteiger charge is -2.07. The van der Waals surface area contributed by atoms with Crippen LogP contribution < -0.4 is 15.8 Å². The van der Waals surface area contributed by atoms with E-state index in [2.05, 4.69) is 10.3 Å². The molecule has 7 heteroatoms. The number of rotatable bonds is 8. The maximum atomic E-state index is 12.1. The molecule has 1 aromatic carbocycles. The van der Waals surface area contributed by atoms with Crippen LogP contribution in [0.15, 0.2) is 51.8 Å². The lowest BCUT2D eigenvalue weighted by atomic mass is 10.2. The van der Waals surface area contributed by atoms with Crippen molar-refractivity contribution in [3.05, 3.63) is 58.7 Å². The third-order valence-corrected chi connectivity index (χ3v) is 4.59. The summed E-state index contributed by atoms with van der Waals surface area (Å²) in [7, 11) is 0. The number of oxazole rings is 1. The zero-order valence-electron chi connectivity index (χ0n) is 14.9. The fourth-order valence-corrected chi connectivity index (χ4v) is 2.82. The van der Waals surface area contributed by atoms with Crippen molar-refractivity contribution in [2.75, 3.05) is 6.61 Å². The second-order valence-corrected chi connectivity index (χ2v) is 6.77. The smallest absolute Gasteiger partial charge is 0.419 e. The summed E-state index contributed by atoms with van der Waals surface area (Å²) in [4.78, 5) is 28.3. The minimum Gasteiger partial charge on any atom is -0.477 e. The molecule has 1 fully saturated rings. The predicted octanol–water partition coefficient (Wildman–Crippen LogP) is 2.48. The van der Waals surface area contributed by atoms with Crippen LogP contribution in [0.5, 0.6) is 5.88 Å². The molecule has 2 aromatic heterocycles. The van der Waals surface area contributed by atoms with Crippen LogP contribution in [0.3, 0.4) is 0 Å². The molecule has 0 saturated heterocycles. The van der Waals surface area contributed by atoms with Crippen molar-refractivity contribution in [1.82, 2.24) is 14.9 Å². The largest absolute Gasteiger partial charge is 0.477 e. The molecule has 0 aliphatic heterocycles. The molecule has 7 nitrogen and oxygen atoms in total. The molecule has 0 radical (unpaired) electrons. The summed E-state index contributed by atoms with van der Waals surface area (Å²) in [6.45, 7) is 1.38. The highest BCUT2D eigenvalue weighted by Gasteiger charge is 2.22. The topological polar surface area (TPSA) is 86.4 Å². The van der Waals surface area contributed by atoms with E-state index in [9.17, 15) is 9.59 Å². The molecule has 140 valence electrons. The summed E-state index contributed by atoms with van der Waals surface area (Å²) in [5.74, 6) is 0.713. The van der Waals surface area contributed by atoms with Crippen LogP contribution in [0.25, 0.3) is 11.1 Å². The lowest BCUT2D eigenvalue weighted by molar-refractivity contribution is -0.121. The van der Waals surface area contributed by atoms with E-state index in [0.29, 0.717) is 29.4 Å². The molecular formula is C20H21N3O4. The summed E-state index contributed by atoms with van der Waals surface area (Å²) in [5.41, 5.74) is 2.12. The Labute approximate surface area is 156 Å². The molecular weight excluding hydrogens is 346 g/mol. The first-order chi connectivity index (χ1) is 13.2. The molecule has 1 aliphatic rings. The van der Waals surface area contributed by atoms with Crippen molar-refractivity contribution in [2.45, 2.75) is 32.4 Å². The van der Waals surface area contributed by atoms with E-state index >= 15 is 0 Å². The van der Waals surface area contributed by atoms with Crippen molar-refractivity contribution in [2.24, 2.45) is 5.92 Å². The van der Waals surface area contributed by atoms with E-state index in [1.54, 1.807) is 24.4 Å². The summed E-state index contributed by atoms with van der Waals surface area (Å²) in [5, 5.41) is 2.84. The van der Waals surface area contributed by atoms with Crippen LogP contribution in [0.1, 0.15) is 24.8 Å². The number of fused-ring (bicyclic) bond motifs is 1. The number of amides is 1. The normalized spacial score (nSPS) is 13.6. The van der Waals surface area contributed by atoms with Crippen LogP contribution in [0, 0.1) is 5.92 Å². The number of aryl methyl sites for hydroxylation is 1.